The number of aryl methyl sites for hydroxylation is 2. The highest BCUT2D eigenvalue weighted by atomic mass is 15.3. The number of para-hydroxylation sites is 1. The molecule has 3 rings (SSSR count). The van der Waals surface area contributed by atoms with Crippen molar-refractivity contribution >= 4 is 10.9 Å². The van der Waals surface area contributed by atoms with Crippen LogP contribution in [0.4, 0.5) is 0 Å². The third-order valence-electron chi connectivity index (χ3n) is 3.90. The molecule has 0 amide bonds. The van der Waals surface area contributed by atoms with Crippen molar-refractivity contribution in [2.24, 2.45) is 0 Å². The highest BCUT2D eigenvalue weighted by Crippen LogP contribution is 2.21. The maximum atomic E-state index is 4.53. The van der Waals surface area contributed by atoms with E-state index in [0.29, 0.717) is 0 Å². The summed E-state index contributed by atoms with van der Waals surface area (Å²) in [6.07, 6.45) is 1.93. The average molecular weight is 279 g/mol. The van der Waals surface area contributed by atoms with Crippen LogP contribution in [0.5, 0.6) is 0 Å². The molecule has 0 saturated carbocycles. The van der Waals surface area contributed by atoms with E-state index < -0.39 is 0 Å². The molecule has 1 N–H and O–H groups in total. The molecule has 0 spiro atoms. The Hall–Kier alpha value is -2.13. The SMILES string of the molecule is CNC(Cn1ncc2ccccc21)c1cc(C)cc(C)c1. The first kappa shape index (κ1) is 13.8. The fraction of sp³-hybridized carbons (Fsp3) is 0.278. The highest BCUT2D eigenvalue weighted by molar-refractivity contribution is 5.78. The molecule has 0 aliphatic rings. The summed E-state index contributed by atoms with van der Waals surface area (Å²) >= 11 is 0. The van der Waals surface area contributed by atoms with Crippen LogP contribution in [0.2, 0.25) is 0 Å². The van der Waals surface area contributed by atoms with E-state index in [0.717, 1.165) is 6.54 Å². The quantitative estimate of drug-likeness (QED) is 0.790. The van der Waals surface area contributed by atoms with Gasteiger partial charge in [0, 0.05) is 5.39 Å². The van der Waals surface area contributed by atoms with Crippen LogP contribution in [0.3, 0.4) is 0 Å². The van der Waals surface area contributed by atoms with Crippen LogP contribution >= 0.6 is 0 Å². The second kappa shape index (κ2) is 5.70. The summed E-state index contributed by atoms with van der Waals surface area (Å²) in [4.78, 5) is 0. The van der Waals surface area contributed by atoms with Gasteiger partial charge in [-0.3, -0.25) is 4.68 Å². The summed E-state index contributed by atoms with van der Waals surface area (Å²) in [6, 6.07) is 15.3. The van der Waals surface area contributed by atoms with Gasteiger partial charge >= 0.3 is 0 Å². The minimum Gasteiger partial charge on any atom is -0.311 e. The summed E-state index contributed by atoms with van der Waals surface area (Å²) in [5.74, 6) is 0. The fourth-order valence-electron chi connectivity index (χ4n) is 2.92. The summed E-state index contributed by atoms with van der Waals surface area (Å²) in [5.41, 5.74) is 5.10. The van der Waals surface area contributed by atoms with Crippen LogP contribution in [0.15, 0.2) is 48.7 Å². The molecule has 1 aromatic heterocycles. The fourth-order valence-corrected chi connectivity index (χ4v) is 2.92. The van der Waals surface area contributed by atoms with E-state index in [1.807, 2.05) is 19.3 Å². The van der Waals surface area contributed by atoms with Crippen LogP contribution in [-0.2, 0) is 6.54 Å². The van der Waals surface area contributed by atoms with Crippen molar-refractivity contribution < 1.29 is 0 Å². The Labute approximate surface area is 125 Å². The maximum Gasteiger partial charge on any atom is 0.0683 e. The zero-order valence-electron chi connectivity index (χ0n) is 12.8. The Morgan fingerprint density at radius 2 is 1.81 bits per heavy atom. The first-order valence-corrected chi connectivity index (χ1v) is 7.33. The smallest absolute Gasteiger partial charge is 0.0683 e. The molecule has 3 nitrogen and oxygen atoms in total. The van der Waals surface area contributed by atoms with Crippen LogP contribution in [0, 0.1) is 13.8 Å². The molecule has 0 aliphatic heterocycles. The van der Waals surface area contributed by atoms with Gasteiger partial charge in [-0.15, -0.1) is 0 Å². The standard InChI is InChI=1S/C18H21N3/c1-13-8-14(2)10-16(9-13)17(19-3)12-21-18-7-5-4-6-15(18)11-20-21/h4-11,17,19H,12H2,1-3H3. The molecule has 108 valence electrons. The van der Waals surface area contributed by atoms with E-state index in [9.17, 15) is 0 Å². The van der Waals surface area contributed by atoms with Crippen LogP contribution in [-0.4, -0.2) is 16.8 Å². The van der Waals surface area contributed by atoms with E-state index in [2.05, 4.69) is 65.3 Å². The van der Waals surface area contributed by atoms with Crippen LogP contribution in [0.1, 0.15) is 22.7 Å². The largest absolute Gasteiger partial charge is 0.311 e. The zero-order chi connectivity index (χ0) is 14.8. The van der Waals surface area contributed by atoms with E-state index in [-0.39, 0.29) is 6.04 Å². The molecule has 3 aromatic rings. The summed E-state index contributed by atoms with van der Waals surface area (Å²) in [5, 5.41) is 9.13. The molecule has 3 heteroatoms. The molecule has 1 heterocycles. The lowest BCUT2D eigenvalue weighted by Gasteiger charge is -2.18. The summed E-state index contributed by atoms with van der Waals surface area (Å²) in [7, 11) is 2.01. The molecule has 0 saturated heterocycles. The molecule has 0 fully saturated rings. The van der Waals surface area contributed by atoms with Crippen molar-refractivity contribution in [1.82, 2.24) is 15.1 Å². The van der Waals surface area contributed by atoms with Crippen molar-refractivity contribution in [1.29, 1.82) is 0 Å². The van der Waals surface area contributed by atoms with Gasteiger partial charge < -0.3 is 5.32 Å². The van der Waals surface area contributed by atoms with Crippen molar-refractivity contribution in [3.8, 4) is 0 Å². The Bertz CT molecular complexity index is 738. The van der Waals surface area contributed by atoms with Crippen LogP contribution < -0.4 is 5.32 Å². The van der Waals surface area contributed by atoms with Gasteiger partial charge in [0.15, 0.2) is 0 Å². The average Bonchev–Trinajstić information content (AvgIpc) is 2.87. The number of nitrogens with zero attached hydrogens (tertiary/aromatic N) is 2. The van der Waals surface area contributed by atoms with Crippen molar-refractivity contribution in [2.45, 2.75) is 26.4 Å². The number of hydrogen-bond acceptors (Lipinski definition) is 2. The van der Waals surface area contributed by atoms with Gasteiger partial charge in [0.25, 0.3) is 0 Å². The summed E-state index contributed by atoms with van der Waals surface area (Å²) in [6.45, 7) is 5.12. The number of nitrogens with one attached hydrogen (secondary N) is 1. The molecule has 0 radical (unpaired) electrons. The Morgan fingerprint density at radius 1 is 1.10 bits per heavy atom. The van der Waals surface area contributed by atoms with Gasteiger partial charge in [-0.05, 0) is 32.5 Å². The molecule has 2 aromatic carbocycles. The van der Waals surface area contributed by atoms with E-state index in [1.165, 1.54) is 27.6 Å². The second-order valence-corrected chi connectivity index (χ2v) is 5.65. The predicted octanol–water partition coefficient (Wildman–Crippen LogP) is 3.61. The Kier molecular flexibility index (Phi) is 3.76. The lowest BCUT2D eigenvalue weighted by Crippen LogP contribution is -2.22. The number of likely N-dealkylation sites (N-methyl/N-ethyl adjacent to an activating group) is 1. The Morgan fingerprint density at radius 3 is 2.52 bits per heavy atom. The molecule has 0 aliphatic carbocycles. The van der Waals surface area contributed by atoms with Crippen molar-refractivity contribution in [3.05, 3.63) is 65.4 Å². The van der Waals surface area contributed by atoms with Gasteiger partial charge in [0.1, 0.15) is 0 Å². The van der Waals surface area contributed by atoms with Gasteiger partial charge in [-0.25, -0.2) is 0 Å². The molecule has 0 bridgehead atoms. The van der Waals surface area contributed by atoms with Gasteiger partial charge in [0.2, 0.25) is 0 Å². The zero-order valence-corrected chi connectivity index (χ0v) is 12.8. The van der Waals surface area contributed by atoms with Crippen LogP contribution in [0.25, 0.3) is 10.9 Å². The van der Waals surface area contributed by atoms with Crippen molar-refractivity contribution in [2.75, 3.05) is 7.05 Å². The molecule has 1 atom stereocenters. The molecule has 1 unspecified atom stereocenters. The molecule has 21 heavy (non-hydrogen) atoms. The van der Waals surface area contributed by atoms with Gasteiger partial charge in [-0.1, -0.05) is 47.5 Å². The van der Waals surface area contributed by atoms with Crippen molar-refractivity contribution in [3.63, 3.8) is 0 Å². The lowest BCUT2D eigenvalue weighted by molar-refractivity contribution is 0.478. The highest BCUT2D eigenvalue weighted by Gasteiger charge is 2.13. The minimum atomic E-state index is 0.256. The molecular formula is C18H21N3. The second-order valence-electron chi connectivity index (χ2n) is 5.65. The number of benzene rings is 2. The number of rotatable bonds is 4. The monoisotopic (exact) mass is 279 g/mol. The third-order valence-corrected chi connectivity index (χ3v) is 3.90. The Balaban J connectivity index is 1.94. The van der Waals surface area contributed by atoms with E-state index >= 15 is 0 Å². The van der Waals surface area contributed by atoms with Gasteiger partial charge in [-0.2, -0.15) is 5.10 Å². The van der Waals surface area contributed by atoms with Gasteiger partial charge in [0.05, 0.1) is 24.3 Å². The van der Waals surface area contributed by atoms with E-state index in [4.69, 9.17) is 0 Å². The number of fused-ring (bicyclic) bond motifs is 1. The molecular weight excluding hydrogens is 258 g/mol. The number of aromatic nitrogens is 2. The normalized spacial score (nSPS) is 12.7. The van der Waals surface area contributed by atoms with E-state index in [1.54, 1.807) is 0 Å². The third kappa shape index (κ3) is 2.83. The maximum absolute atomic E-state index is 4.53. The minimum absolute atomic E-state index is 0.256. The number of hydrogen-bond donors (Lipinski definition) is 1. The topological polar surface area (TPSA) is 29.9 Å². The predicted molar refractivity (Wildman–Crippen MR) is 87.4 cm³/mol. The first-order valence-electron chi connectivity index (χ1n) is 7.33. The summed E-state index contributed by atoms with van der Waals surface area (Å²) < 4.78 is 2.08. The lowest BCUT2D eigenvalue weighted by atomic mass is 10.0. The first-order chi connectivity index (χ1) is 10.2.